The van der Waals surface area contributed by atoms with Gasteiger partial charge in [0.25, 0.3) is 0 Å². The molecule has 0 saturated carbocycles. The van der Waals surface area contributed by atoms with E-state index in [-0.39, 0.29) is 12.6 Å². The van der Waals surface area contributed by atoms with Crippen LogP contribution >= 0.6 is 11.3 Å². The molecular weight excluding hydrogens is 263 g/mol. The first-order valence-electron chi connectivity index (χ1n) is 5.86. The molecule has 0 fully saturated rings. The Kier molecular flexibility index (Phi) is 6.11. The summed E-state index contributed by atoms with van der Waals surface area (Å²) >= 11 is 1.66. The van der Waals surface area contributed by atoms with Crippen LogP contribution in [0.2, 0.25) is 0 Å². The Labute approximate surface area is 109 Å². The third-order valence-corrected chi connectivity index (χ3v) is 3.49. The minimum absolute atomic E-state index is 0.0712. The van der Waals surface area contributed by atoms with Crippen molar-refractivity contribution in [2.75, 3.05) is 19.8 Å². The van der Waals surface area contributed by atoms with Crippen LogP contribution in [-0.2, 0) is 4.74 Å². The van der Waals surface area contributed by atoms with E-state index in [4.69, 9.17) is 0 Å². The molecule has 1 rings (SSSR count). The lowest BCUT2D eigenvalue weighted by atomic mass is 10.2. The van der Waals surface area contributed by atoms with Crippen molar-refractivity contribution < 1.29 is 17.9 Å². The Morgan fingerprint density at radius 2 is 2.11 bits per heavy atom. The highest BCUT2D eigenvalue weighted by Gasteiger charge is 2.27. The summed E-state index contributed by atoms with van der Waals surface area (Å²) in [4.78, 5) is 2.34. The van der Waals surface area contributed by atoms with E-state index < -0.39 is 12.8 Å². The van der Waals surface area contributed by atoms with E-state index >= 15 is 0 Å². The molecule has 0 amide bonds. The Hall–Kier alpha value is -0.590. The van der Waals surface area contributed by atoms with Crippen molar-refractivity contribution in [3.05, 3.63) is 21.9 Å². The molecule has 1 aromatic heterocycles. The van der Waals surface area contributed by atoms with Gasteiger partial charge in [-0.1, -0.05) is 6.92 Å². The molecule has 0 spiro atoms. The topological polar surface area (TPSA) is 21.3 Å². The van der Waals surface area contributed by atoms with Crippen LogP contribution in [0.15, 0.2) is 12.1 Å². The molecule has 0 aliphatic rings. The fourth-order valence-corrected chi connectivity index (χ4v) is 2.61. The lowest BCUT2D eigenvalue weighted by Crippen LogP contribution is -2.23. The lowest BCUT2D eigenvalue weighted by Gasteiger charge is -2.16. The van der Waals surface area contributed by atoms with Gasteiger partial charge >= 0.3 is 6.18 Å². The van der Waals surface area contributed by atoms with Gasteiger partial charge in [0.15, 0.2) is 0 Å². The van der Waals surface area contributed by atoms with Gasteiger partial charge in [-0.2, -0.15) is 13.2 Å². The van der Waals surface area contributed by atoms with Gasteiger partial charge in [-0.15, -0.1) is 11.3 Å². The third kappa shape index (κ3) is 5.84. The predicted molar refractivity (Wildman–Crippen MR) is 67.0 cm³/mol. The van der Waals surface area contributed by atoms with E-state index in [0.29, 0.717) is 6.42 Å². The van der Waals surface area contributed by atoms with E-state index in [9.17, 15) is 13.2 Å². The molecule has 1 atom stereocenters. The zero-order valence-electron chi connectivity index (χ0n) is 10.5. The number of ether oxygens (including phenoxy) is 1. The summed E-state index contributed by atoms with van der Waals surface area (Å²) in [6.07, 6.45) is -3.70. The van der Waals surface area contributed by atoms with Crippen LogP contribution in [0.25, 0.3) is 0 Å². The van der Waals surface area contributed by atoms with Crippen molar-refractivity contribution >= 4 is 11.3 Å². The maximum Gasteiger partial charge on any atom is 0.411 e. The average molecular weight is 281 g/mol. The fourth-order valence-electron chi connectivity index (χ4n) is 1.62. The molecule has 18 heavy (non-hydrogen) atoms. The summed E-state index contributed by atoms with van der Waals surface area (Å²) in [6, 6.07) is 4.10. The molecule has 1 heterocycles. The number of hydrogen-bond acceptors (Lipinski definition) is 3. The molecule has 1 N–H and O–H groups in total. The van der Waals surface area contributed by atoms with Crippen molar-refractivity contribution in [3.8, 4) is 0 Å². The van der Waals surface area contributed by atoms with Gasteiger partial charge in [0.05, 0.1) is 0 Å². The molecule has 1 aromatic rings. The van der Waals surface area contributed by atoms with Crippen LogP contribution in [-0.4, -0.2) is 25.9 Å². The summed E-state index contributed by atoms with van der Waals surface area (Å²) < 4.78 is 40.4. The minimum Gasteiger partial charge on any atom is -0.372 e. The second kappa shape index (κ2) is 7.11. The van der Waals surface area contributed by atoms with Gasteiger partial charge in [-0.3, -0.25) is 0 Å². The highest BCUT2D eigenvalue weighted by molar-refractivity contribution is 7.12. The van der Waals surface area contributed by atoms with Gasteiger partial charge < -0.3 is 10.1 Å². The zero-order chi connectivity index (χ0) is 13.6. The van der Waals surface area contributed by atoms with E-state index in [1.165, 1.54) is 4.88 Å². The molecule has 6 heteroatoms. The number of aryl methyl sites for hydroxylation is 1. The first-order chi connectivity index (χ1) is 8.42. The van der Waals surface area contributed by atoms with Gasteiger partial charge in [0.1, 0.15) is 6.61 Å². The number of thiophene rings is 1. The quantitative estimate of drug-likeness (QED) is 0.770. The maximum absolute atomic E-state index is 11.9. The monoisotopic (exact) mass is 281 g/mol. The van der Waals surface area contributed by atoms with Crippen molar-refractivity contribution in [2.45, 2.75) is 32.5 Å². The van der Waals surface area contributed by atoms with Crippen LogP contribution in [0.1, 0.15) is 29.1 Å². The minimum atomic E-state index is -4.24. The van der Waals surface area contributed by atoms with Crippen LogP contribution in [0.5, 0.6) is 0 Å². The second-order valence-electron chi connectivity index (χ2n) is 4.02. The number of alkyl halides is 3. The van der Waals surface area contributed by atoms with Gasteiger partial charge in [-0.05, 0) is 32.0 Å². The Bertz CT molecular complexity index is 351. The molecule has 0 saturated heterocycles. The third-order valence-electron chi connectivity index (χ3n) is 2.37. The van der Waals surface area contributed by atoms with E-state index in [1.54, 1.807) is 11.3 Å². The molecule has 1 unspecified atom stereocenters. The standard InChI is InChI=1S/C12H18F3NOS/c1-3-16-10(11-5-4-9(2)18-11)6-7-17-8-12(13,14)15/h4-5,10,16H,3,6-8H2,1-2H3. The maximum atomic E-state index is 11.9. The van der Waals surface area contributed by atoms with E-state index in [2.05, 4.69) is 10.1 Å². The molecule has 0 bridgehead atoms. The van der Waals surface area contributed by atoms with Gasteiger partial charge in [0, 0.05) is 22.4 Å². The Morgan fingerprint density at radius 3 is 2.61 bits per heavy atom. The van der Waals surface area contributed by atoms with Crippen molar-refractivity contribution in [2.24, 2.45) is 0 Å². The smallest absolute Gasteiger partial charge is 0.372 e. The number of rotatable bonds is 7. The highest BCUT2D eigenvalue weighted by Crippen LogP contribution is 2.25. The second-order valence-corrected chi connectivity index (χ2v) is 5.33. The summed E-state index contributed by atoms with van der Waals surface area (Å²) in [7, 11) is 0. The molecule has 104 valence electrons. The van der Waals surface area contributed by atoms with Crippen molar-refractivity contribution in [1.29, 1.82) is 0 Å². The largest absolute Gasteiger partial charge is 0.411 e. The van der Waals surface area contributed by atoms with E-state index in [1.807, 2.05) is 26.0 Å². The molecule has 0 radical (unpaired) electrons. The summed E-state index contributed by atoms with van der Waals surface area (Å²) in [5, 5.41) is 3.26. The van der Waals surface area contributed by atoms with Crippen molar-refractivity contribution in [1.82, 2.24) is 5.32 Å². The summed E-state index contributed by atoms with van der Waals surface area (Å²) in [6.45, 7) is 3.70. The fraction of sp³-hybridized carbons (Fsp3) is 0.667. The predicted octanol–water partition coefficient (Wildman–Crippen LogP) is 3.68. The Balaban J connectivity index is 2.39. The van der Waals surface area contributed by atoms with Crippen molar-refractivity contribution in [3.63, 3.8) is 0 Å². The lowest BCUT2D eigenvalue weighted by molar-refractivity contribution is -0.174. The van der Waals surface area contributed by atoms with Crippen LogP contribution in [0, 0.1) is 6.92 Å². The highest BCUT2D eigenvalue weighted by atomic mass is 32.1. The Morgan fingerprint density at radius 1 is 1.39 bits per heavy atom. The van der Waals surface area contributed by atoms with Crippen LogP contribution in [0.4, 0.5) is 13.2 Å². The number of hydrogen-bond donors (Lipinski definition) is 1. The first-order valence-corrected chi connectivity index (χ1v) is 6.68. The molecule has 2 nitrogen and oxygen atoms in total. The van der Waals surface area contributed by atoms with Crippen LogP contribution in [0.3, 0.4) is 0 Å². The zero-order valence-corrected chi connectivity index (χ0v) is 11.3. The van der Waals surface area contributed by atoms with Crippen LogP contribution < -0.4 is 5.32 Å². The normalized spacial score (nSPS) is 13.8. The van der Waals surface area contributed by atoms with Gasteiger partial charge in [0.2, 0.25) is 0 Å². The molecule has 0 aliphatic carbocycles. The molecular formula is C12H18F3NOS. The van der Waals surface area contributed by atoms with Gasteiger partial charge in [-0.25, -0.2) is 0 Å². The summed E-state index contributed by atoms with van der Waals surface area (Å²) in [5.74, 6) is 0. The average Bonchev–Trinajstić information content (AvgIpc) is 2.68. The number of halogens is 3. The SMILES string of the molecule is CCNC(CCOCC(F)(F)F)c1ccc(C)s1. The molecule has 0 aromatic carbocycles. The number of nitrogens with one attached hydrogen (secondary N) is 1. The summed E-state index contributed by atoms with van der Waals surface area (Å²) in [5.41, 5.74) is 0. The first kappa shape index (κ1) is 15.5. The molecule has 0 aliphatic heterocycles. The van der Waals surface area contributed by atoms with E-state index in [0.717, 1.165) is 11.4 Å².